The van der Waals surface area contributed by atoms with Gasteiger partial charge in [-0.25, -0.2) is 4.79 Å². The Kier molecular flexibility index (Phi) is 4.13. The highest BCUT2D eigenvalue weighted by Crippen LogP contribution is 2.30. The Morgan fingerprint density at radius 3 is 2.23 bits per heavy atom. The maximum Gasteiger partial charge on any atom is 0.352 e. The molecule has 0 N–H and O–H groups in total. The van der Waals surface area contributed by atoms with Gasteiger partial charge in [-0.15, -0.1) is 0 Å². The van der Waals surface area contributed by atoms with Crippen LogP contribution in [0.25, 0.3) is 22.1 Å². The number of fused-ring (bicyclic) bond motifs is 1. The molecule has 0 spiro atoms. The molecule has 0 saturated heterocycles. The van der Waals surface area contributed by atoms with Crippen LogP contribution in [0.4, 0.5) is 0 Å². The quantitative estimate of drug-likeness (QED) is 0.355. The predicted molar refractivity (Wildman–Crippen MR) is 105 cm³/mol. The van der Waals surface area contributed by atoms with E-state index in [1.165, 1.54) is 0 Å². The SMILES string of the molecule is Cc1ccc2c(-c3ccccc3)c(C#Cc3ccccc3)c(=O)oc2c1. The fraction of sp³-hybridized carbons (Fsp3) is 0.0417. The van der Waals surface area contributed by atoms with E-state index in [-0.39, 0.29) is 0 Å². The minimum atomic E-state index is -0.412. The summed E-state index contributed by atoms with van der Waals surface area (Å²) in [5.74, 6) is 6.12. The highest BCUT2D eigenvalue weighted by atomic mass is 16.4. The van der Waals surface area contributed by atoms with E-state index in [0.29, 0.717) is 11.1 Å². The molecule has 0 radical (unpaired) electrons. The van der Waals surface area contributed by atoms with Gasteiger partial charge in [-0.05, 0) is 36.2 Å². The third kappa shape index (κ3) is 3.03. The predicted octanol–water partition coefficient (Wildman–Crippen LogP) is 5.17. The van der Waals surface area contributed by atoms with E-state index in [4.69, 9.17) is 4.42 Å². The summed E-state index contributed by atoms with van der Waals surface area (Å²) in [6, 6.07) is 25.4. The highest BCUT2D eigenvalue weighted by molar-refractivity contribution is 5.96. The third-order valence-corrected chi connectivity index (χ3v) is 4.23. The van der Waals surface area contributed by atoms with Crippen LogP contribution >= 0.6 is 0 Å². The van der Waals surface area contributed by atoms with Crippen LogP contribution in [-0.2, 0) is 0 Å². The van der Waals surface area contributed by atoms with Crippen molar-refractivity contribution in [2.24, 2.45) is 0 Å². The van der Waals surface area contributed by atoms with E-state index in [1.807, 2.05) is 85.8 Å². The Hall–Kier alpha value is -3.57. The van der Waals surface area contributed by atoms with Crippen LogP contribution in [0.3, 0.4) is 0 Å². The number of aryl methyl sites for hydroxylation is 1. The van der Waals surface area contributed by atoms with Gasteiger partial charge in [0.25, 0.3) is 0 Å². The zero-order valence-electron chi connectivity index (χ0n) is 14.3. The van der Waals surface area contributed by atoms with Crippen LogP contribution < -0.4 is 5.63 Å². The molecule has 124 valence electrons. The van der Waals surface area contributed by atoms with Crippen molar-refractivity contribution >= 4 is 11.0 Å². The summed E-state index contributed by atoms with van der Waals surface area (Å²) >= 11 is 0. The molecule has 0 saturated carbocycles. The molecule has 1 aromatic heterocycles. The summed E-state index contributed by atoms with van der Waals surface area (Å²) in [6.45, 7) is 1.98. The number of hydrogen-bond acceptors (Lipinski definition) is 2. The Balaban J connectivity index is 2.03. The van der Waals surface area contributed by atoms with Gasteiger partial charge >= 0.3 is 5.63 Å². The molecule has 1 heterocycles. The lowest BCUT2D eigenvalue weighted by molar-refractivity contribution is 0.559. The van der Waals surface area contributed by atoms with Crippen molar-refractivity contribution in [3.05, 3.63) is 106 Å². The normalized spacial score (nSPS) is 10.3. The van der Waals surface area contributed by atoms with Crippen LogP contribution in [0, 0.1) is 18.8 Å². The summed E-state index contributed by atoms with van der Waals surface area (Å²) in [5, 5.41) is 0.888. The molecule has 2 nitrogen and oxygen atoms in total. The van der Waals surface area contributed by atoms with Gasteiger partial charge in [-0.1, -0.05) is 72.5 Å². The summed E-state index contributed by atoms with van der Waals surface area (Å²) < 4.78 is 5.57. The molecule has 4 aromatic rings. The Morgan fingerprint density at radius 2 is 1.50 bits per heavy atom. The highest BCUT2D eigenvalue weighted by Gasteiger charge is 2.15. The first kappa shape index (κ1) is 15.9. The van der Waals surface area contributed by atoms with Gasteiger partial charge in [0, 0.05) is 16.5 Å². The summed E-state index contributed by atoms with van der Waals surface area (Å²) in [4.78, 5) is 12.7. The van der Waals surface area contributed by atoms with Crippen LogP contribution in [-0.4, -0.2) is 0 Å². The second-order valence-corrected chi connectivity index (χ2v) is 6.12. The largest absolute Gasteiger partial charge is 0.422 e. The van der Waals surface area contributed by atoms with Gasteiger partial charge in [0.15, 0.2) is 0 Å². The fourth-order valence-electron chi connectivity index (χ4n) is 2.98. The van der Waals surface area contributed by atoms with Gasteiger partial charge in [-0.3, -0.25) is 0 Å². The van der Waals surface area contributed by atoms with E-state index in [0.717, 1.165) is 27.6 Å². The van der Waals surface area contributed by atoms with E-state index in [2.05, 4.69) is 11.8 Å². The maximum absolute atomic E-state index is 12.7. The van der Waals surface area contributed by atoms with Crippen LogP contribution in [0.15, 0.2) is 88.1 Å². The standard InChI is InChI=1S/C24H16O2/c1-17-12-14-20-22(16-17)26-24(25)21(15-13-18-8-4-2-5-9-18)23(20)19-10-6-3-7-11-19/h2-12,14,16H,1H3. The van der Waals surface area contributed by atoms with Gasteiger partial charge in [0.2, 0.25) is 0 Å². The molecule has 26 heavy (non-hydrogen) atoms. The molecule has 0 atom stereocenters. The Morgan fingerprint density at radius 1 is 0.808 bits per heavy atom. The van der Waals surface area contributed by atoms with Gasteiger partial charge in [0.05, 0.1) is 0 Å². The van der Waals surface area contributed by atoms with Crippen molar-refractivity contribution in [2.45, 2.75) is 6.92 Å². The third-order valence-electron chi connectivity index (χ3n) is 4.23. The summed E-state index contributed by atoms with van der Waals surface area (Å²) in [7, 11) is 0. The smallest absolute Gasteiger partial charge is 0.352 e. The lowest BCUT2D eigenvalue weighted by atomic mass is 9.96. The fourth-order valence-corrected chi connectivity index (χ4v) is 2.98. The first-order valence-electron chi connectivity index (χ1n) is 8.42. The number of benzene rings is 3. The van der Waals surface area contributed by atoms with E-state index >= 15 is 0 Å². The van der Waals surface area contributed by atoms with Crippen molar-refractivity contribution in [2.75, 3.05) is 0 Å². The molecule has 0 fully saturated rings. The van der Waals surface area contributed by atoms with Crippen LogP contribution in [0.1, 0.15) is 16.7 Å². The van der Waals surface area contributed by atoms with Crippen molar-refractivity contribution in [1.82, 2.24) is 0 Å². The monoisotopic (exact) mass is 336 g/mol. The van der Waals surface area contributed by atoms with Crippen LogP contribution in [0.5, 0.6) is 0 Å². The zero-order valence-corrected chi connectivity index (χ0v) is 14.3. The minimum absolute atomic E-state index is 0.386. The average Bonchev–Trinajstić information content (AvgIpc) is 2.67. The van der Waals surface area contributed by atoms with Gasteiger partial charge < -0.3 is 4.42 Å². The molecule has 2 heteroatoms. The molecule has 0 aliphatic heterocycles. The summed E-state index contributed by atoms with van der Waals surface area (Å²) in [5.41, 5.74) is 4.23. The molecule has 0 aliphatic rings. The first-order chi connectivity index (χ1) is 12.7. The molecule has 4 rings (SSSR count). The van der Waals surface area contributed by atoms with Gasteiger partial charge in [0.1, 0.15) is 11.1 Å². The second-order valence-electron chi connectivity index (χ2n) is 6.12. The zero-order chi connectivity index (χ0) is 17.9. The second kappa shape index (κ2) is 6.74. The van der Waals surface area contributed by atoms with Crippen LogP contribution in [0.2, 0.25) is 0 Å². The Bertz CT molecular complexity index is 1190. The summed E-state index contributed by atoms with van der Waals surface area (Å²) in [6.07, 6.45) is 0. The lowest BCUT2D eigenvalue weighted by Gasteiger charge is -2.09. The molecule has 0 aliphatic carbocycles. The molecule has 0 amide bonds. The first-order valence-corrected chi connectivity index (χ1v) is 8.42. The van der Waals surface area contributed by atoms with E-state index in [9.17, 15) is 4.79 Å². The van der Waals surface area contributed by atoms with Gasteiger partial charge in [-0.2, -0.15) is 0 Å². The average molecular weight is 336 g/mol. The Labute approximate surface area is 151 Å². The number of rotatable bonds is 1. The minimum Gasteiger partial charge on any atom is -0.422 e. The van der Waals surface area contributed by atoms with E-state index < -0.39 is 5.63 Å². The topological polar surface area (TPSA) is 30.2 Å². The lowest BCUT2D eigenvalue weighted by Crippen LogP contribution is -2.07. The van der Waals surface area contributed by atoms with Crippen molar-refractivity contribution in [1.29, 1.82) is 0 Å². The molecule has 0 bridgehead atoms. The molecule has 0 unspecified atom stereocenters. The maximum atomic E-state index is 12.7. The van der Waals surface area contributed by atoms with Crippen molar-refractivity contribution in [3.63, 3.8) is 0 Å². The molecular formula is C24H16O2. The van der Waals surface area contributed by atoms with Crippen molar-refractivity contribution < 1.29 is 4.42 Å². The van der Waals surface area contributed by atoms with E-state index in [1.54, 1.807) is 0 Å². The van der Waals surface area contributed by atoms with Crippen molar-refractivity contribution in [3.8, 4) is 23.0 Å². The number of hydrogen-bond donors (Lipinski definition) is 0. The molecular weight excluding hydrogens is 320 g/mol. The molecule has 3 aromatic carbocycles.